The molecular weight excluding hydrogens is 305 g/mol. The molecule has 118 valence electrons. The second kappa shape index (κ2) is 6.65. The number of rotatable bonds is 4. The molecule has 0 radical (unpaired) electrons. The molecular formula is C15H12FN3O4. The van der Waals surface area contributed by atoms with Crippen LogP contribution in [0.15, 0.2) is 42.5 Å². The summed E-state index contributed by atoms with van der Waals surface area (Å²) in [5.41, 5.74) is 0.189. The van der Waals surface area contributed by atoms with Crippen molar-refractivity contribution >= 4 is 28.9 Å². The van der Waals surface area contributed by atoms with Crippen molar-refractivity contribution in [1.29, 1.82) is 0 Å². The number of benzene rings is 2. The molecule has 7 nitrogen and oxygen atoms in total. The summed E-state index contributed by atoms with van der Waals surface area (Å²) in [6.45, 7) is 1.29. The van der Waals surface area contributed by atoms with Gasteiger partial charge in [-0.15, -0.1) is 0 Å². The summed E-state index contributed by atoms with van der Waals surface area (Å²) in [7, 11) is 0. The van der Waals surface area contributed by atoms with Crippen LogP contribution in [0.5, 0.6) is 0 Å². The Labute approximate surface area is 130 Å². The fourth-order valence-corrected chi connectivity index (χ4v) is 1.85. The van der Waals surface area contributed by atoms with E-state index in [1.165, 1.54) is 43.3 Å². The molecule has 0 aromatic heterocycles. The number of non-ortho nitro benzene ring substituents is 1. The number of nitro groups is 1. The molecule has 8 heteroatoms. The molecule has 0 saturated carbocycles. The molecule has 0 aliphatic carbocycles. The highest BCUT2D eigenvalue weighted by Crippen LogP contribution is 2.19. The second-order valence-corrected chi connectivity index (χ2v) is 4.63. The quantitative estimate of drug-likeness (QED) is 0.668. The first-order valence-electron chi connectivity index (χ1n) is 6.50. The molecule has 0 atom stereocenters. The van der Waals surface area contributed by atoms with E-state index in [2.05, 4.69) is 10.6 Å². The molecule has 23 heavy (non-hydrogen) atoms. The van der Waals surface area contributed by atoms with Crippen LogP contribution < -0.4 is 10.6 Å². The van der Waals surface area contributed by atoms with E-state index in [4.69, 9.17) is 0 Å². The van der Waals surface area contributed by atoms with Crippen LogP contribution in [0.4, 0.5) is 21.5 Å². The molecule has 0 unspecified atom stereocenters. The minimum Gasteiger partial charge on any atom is -0.326 e. The van der Waals surface area contributed by atoms with Crippen molar-refractivity contribution in [2.24, 2.45) is 0 Å². The third-order valence-corrected chi connectivity index (χ3v) is 2.87. The van der Waals surface area contributed by atoms with E-state index < -0.39 is 16.6 Å². The van der Waals surface area contributed by atoms with E-state index in [9.17, 15) is 24.1 Å². The lowest BCUT2D eigenvalue weighted by atomic mass is 10.1. The molecule has 0 saturated heterocycles. The van der Waals surface area contributed by atoms with E-state index >= 15 is 0 Å². The van der Waals surface area contributed by atoms with Crippen LogP contribution in [-0.4, -0.2) is 16.7 Å². The van der Waals surface area contributed by atoms with Crippen LogP contribution in [-0.2, 0) is 4.79 Å². The summed E-state index contributed by atoms with van der Waals surface area (Å²) in [5.74, 6) is -1.83. The Hall–Kier alpha value is -3.29. The summed E-state index contributed by atoms with van der Waals surface area (Å²) in [5, 5.41) is 15.4. The van der Waals surface area contributed by atoms with Crippen LogP contribution in [0.25, 0.3) is 0 Å². The lowest BCUT2D eigenvalue weighted by molar-refractivity contribution is -0.384. The number of hydrogen-bond donors (Lipinski definition) is 2. The molecule has 0 fully saturated rings. The van der Waals surface area contributed by atoms with Gasteiger partial charge in [0.05, 0.1) is 10.5 Å². The minimum absolute atomic E-state index is 0.123. The number of amides is 2. The Balaban J connectivity index is 2.19. The Morgan fingerprint density at radius 2 is 1.65 bits per heavy atom. The third-order valence-electron chi connectivity index (χ3n) is 2.87. The van der Waals surface area contributed by atoms with E-state index in [1.807, 2.05) is 0 Å². The summed E-state index contributed by atoms with van der Waals surface area (Å²) in [4.78, 5) is 33.1. The fourth-order valence-electron chi connectivity index (χ4n) is 1.85. The molecule has 0 spiro atoms. The lowest BCUT2D eigenvalue weighted by Gasteiger charge is -2.08. The molecule has 2 aromatic carbocycles. The predicted octanol–water partition coefficient (Wildman–Crippen LogP) is 2.94. The SMILES string of the molecule is CC(=O)Nc1ccc(F)c(C(=O)Nc2ccc([N+](=O)[O-])cc2)c1. The summed E-state index contributed by atoms with van der Waals surface area (Å²) < 4.78 is 13.8. The maximum atomic E-state index is 13.8. The Kier molecular flexibility index (Phi) is 4.65. The zero-order valence-corrected chi connectivity index (χ0v) is 12.0. The molecule has 2 aromatic rings. The molecule has 2 rings (SSSR count). The van der Waals surface area contributed by atoms with Crippen LogP contribution in [0.3, 0.4) is 0 Å². The van der Waals surface area contributed by atoms with Crippen molar-refractivity contribution < 1.29 is 18.9 Å². The average molecular weight is 317 g/mol. The number of carbonyl (C=O) groups excluding carboxylic acids is 2. The summed E-state index contributed by atoms with van der Waals surface area (Å²) in [6, 6.07) is 8.73. The standard InChI is InChI=1S/C15H12FN3O4/c1-9(20)17-11-4-7-14(16)13(8-11)15(21)18-10-2-5-12(6-3-10)19(22)23/h2-8H,1H3,(H,17,20)(H,18,21). The normalized spacial score (nSPS) is 10.0. The summed E-state index contributed by atoms with van der Waals surface area (Å²) in [6.07, 6.45) is 0. The highest BCUT2D eigenvalue weighted by molar-refractivity contribution is 6.05. The smallest absolute Gasteiger partial charge is 0.269 e. The van der Waals surface area contributed by atoms with Gasteiger partial charge in [0.2, 0.25) is 5.91 Å². The highest BCUT2D eigenvalue weighted by atomic mass is 19.1. The van der Waals surface area contributed by atoms with Gasteiger partial charge in [-0.1, -0.05) is 0 Å². The lowest BCUT2D eigenvalue weighted by Crippen LogP contribution is -2.15. The van der Waals surface area contributed by atoms with Crippen molar-refractivity contribution in [2.75, 3.05) is 10.6 Å². The van der Waals surface area contributed by atoms with Crippen molar-refractivity contribution in [1.82, 2.24) is 0 Å². The second-order valence-electron chi connectivity index (χ2n) is 4.63. The molecule has 0 heterocycles. The zero-order valence-electron chi connectivity index (χ0n) is 12.0. The fraction of sp³-hybridized carbons (Fsp3) is 0.0667. The van der Waals surface area contributed by atoms with E-state index in [0.29, 0.717) is 0 Å². The van der Waals surface area contributed by atoms with E-state index in [-0.39, 0.29) is 28.5 Å². The monoisotopic (exact) mass is 317 g/mol. The summed E-state index contributed by atoms with van der Waals surface area (Å²) >= 11 is 0. The maximum Gasteiger partial charge on any atom is 0.269 e. The van der Waals surface area contributed by atoms with Gasteiger partial charge < -0.3 is 10.6 Å². The van der Waals surface area contributed by atoms with Gasteiger partial charge in [-0.05, 0) is 30.3 Å². The number of anilines is 2. The number of carbonyl (C=O) groups is 2. The van der Waals surface area contributed by atoms with Crippen LogP contribution in [0.2, 0.25) is 0 Å². The number of halogens is 1. The van der Waals surface area contributed by atoms with Crippen molar-refractivity contribution in [2.45, 2.75) is 6.92 Å². The minimum atomic E-state index is -0.751. The van der Waals surface area contributed by atoms with Crippen LogP contribution in [0.1, 0.15) is 17.3 Å². The van der Waals surface area contributed by atoms with Crippen LogP contribution in [0, 0.1) is 15.9 Å². The van der Waals surface area contributed by atoms with E-state index in [0.717, 1.165) is 6.07 Å². The number of nitrogens with zero attached hydrogens (tertiary/aromatic N) is 1. The van der Waals surface area contributed by atoms with Crippen LogP contribution >= 0.6 is 0 Å². The first kappa shape index (κ1) is 16.1. The third kappa shape index (κ3) is 4.10. The first-order valence-corrected chi connectivity index (χ1v) is 6.50. The van der Waals surface area contributed by atoms with Gasteiger partial charge in [-0.25, -0.2) is 4.39 Å². The molecule has 2 N–H and O–H groups in total. The topological polar surface area (TPSA) is 101 Å². The zero-order chi connectivity index (χ0) is 17.0. The molecule has 0 bridgehead atoms. The Bertz CT molecular complexity index is 775. The molecule has 0 aliphatic heterocycles. The Morgan fingerprint density at radius 1 is 1.04 bits per heavy atom. The maximum absolute atomic E-state index is 13.8. The number of hydrogen-bond acceptors (Lipinski definition) is 4. The molecule has 0 aliphatic rings. The largest absolute Gasteiger partial charge is 0.326 e. The van der Waals surface area contributed by atoms with Crippen molar-refractivity contribution in [3.63, 3.8) is 0 Å². The van der Waals surface area contributed by atoms with Gasteiger partial charge in [0.1, 0.15) is 5.82 Å². The van der Waals surface area contributed by atoms with Gasteiger partial charge in [-0.2, -0.15) is 0 Å². The highest BCUT2D eigenvalue weighted by Gasteiger charge is 2.14. The van der Waals surface area contributed by atoms with E-state index in [1.54, 1.807) is 0 Å². The first-order chi connectivity index (χ1) is 10.9. The predicted molar refractivity (Wildman–Crippen MR) is 81.8 cm³/mol. The van der Waals surface area contributed by atoms with Gasteiger partial charge in [0, 0.05) is 30.4 Å². The van der Waals surface area contributed by atoms with Gasteiger partial charge in [0.15, 0.2) is 0 Å². The van der Waals surface area contributed by atoms with Gasteiger partial charge >= 0.3 is 0 Å². The number of nitrogens with one attached hydrogen (secondary N) is 2. The molecule has 2 amide bonds. The Morgan fingerprint density at radius 3 is 2.22 bits per heavy atom. The number of nitro benzene ring substituents is 1. The van der Waals surface area contributed by atoms with Crippen molar-refractivity contribution in [3.05, 3.63) is 64.0 Å². The average Bonchev–Trinajstić information content (AvgIpc) is 2.49. The van der Waals surface area contributed by atoms with Gasteiger partial charge in [0.25, 0.3) is 11.6 Å². The van der Waals surface area contributed by atoms with Gasteiger partial charge in [-0.3, -0.25) is 19.7 Å². The van der Waals surface area contributed by atoms with Crippen molar-refractivity contribution in [3.8, 4) is 0 Å².